The molecular formula is C17H27ClN2O. The Morgan fingerprint density at radius 2 is 2.05 bits per heavy atom. The molecule has 1 aromatic carbocycles. The molecule has 0 heterocycles. The van der Waals surface area contributed by atoms with Crippen molar-refractivity contribution in [3.63, 3.8) is 0 Å². The molecule has 1 fully saturated rings. The van der Waals surface area contributed by atoms with E-state index in [9.17, 15) is 4.79 Å². The molecular weight excluding hydrogens is 284 g/mol. The van der Waals surface area contributed by atoms with Crippen LogP contribution in [0.25, 0.3) is 0 Å². The second kappa shape index (κ2) is 7.81. The van der Waals surface area contributed by atoms with Crippen LogP contribution >= 0.6 is 12.4 Å². The van der Waals surface area contributed by atoms with Gasteiger partial charge >= 0.3 is 0 Å². The van der Waals surface area contributed by atoms with Crippen molar-refractivity contribution >= 4 is 18.3 Å². The molecule has 1 atom stereocenters. The summed E-state index contributed by atoms with van der Waals surface area (Å²) in [6, 6.07) is 8.61. The number of nitrogens with two attached hydrogens (primary N) is 1. The zero-order valence-corrected chi connectivity index (χ0v) is 13.8. The van der Waals surface area contributed by atoms with Crippen molar-refractivity contribution in [2.75, 3.05) is 0 Å². The summed E-state index contributed by atoms with van der Waals surface area (Å²) >= 11 is 0. The molecule has 3 N–H and O–H groups in total. The van der Waals surface area contributed by atoms with Crippen molar-refractivity contribution in [3.8, 4) is 0 Å². The molecule has 0 aliphatic heterocycles. The third-order valence-electron chi connectivity index (χ3n) is 4.23. The molecule has 1 aromatic rings. The average molecular weight is 311 g/mol. The first-order valence-electron chi connectivity index (χ1n) is 7.66. The number of amides is 1. The van der Waals surface area contributed by atoms with Crippen LogP contribution in [0.2, 0.25) is 0 Å². The van der Waals surface area contributed by atoms with Crippen LogP contribution in [0.4, 0.5) is 0 Å². The van der Waals surface area contributed by atoms with Crippen LogP contribution in [0.1, 0.15) is 56.6 Å². The summed E-state index contributed by atoms with van der Waals surface area (Å²) in [5.41, 5.74) is 8.08. The monoisotopic (exact) mass is 310 g/mol. The first-order valence-corrected chi connectivity index (χ1v) is 7.66. The highest BCUT2D eigenvalue weighted by atomic mass is 35.5. The van der Waals surface area contributed by atoms with Crippen LogP contribution in [-0.2, 0) is 10.3 Å². The molecule has 1 amide bonds. The lowest BCUT2D eigenvalue weighted by Crippen LogP contribution is -2.44. The summed E-state index contributed by atoms with van der Waals surface area (Å²) in [6.07, 6.45) is 5.71. The van der Waals surface area contributed by atoms with Gasteiger partial charge in [0.15, 0.2) is 0 Å². The standard InChI is InChI=1S/C17H26N2O.ClH/c1-13-6-5-7-15(12-13)17(10-3-4-11-17)19-16(20)9-8-14(2)18;/h5-7,12,14H,3-4,8-11,18H2,1-2H3,(H,19,20);1H. The second-order valence-electron chi connectivity index (χ2n) is 6.22. The van der Waals surface area contributed by atoms with Gasteiger partial charge in [0, 0.05) is 12.5 Å². The minimum atomic E-state index is -0.152. The van der Waals surface area contributed by atoms with E-state index in [1.807, 2.05) is 6.92 Å². The second-order valence-corrected chi connectivity index (χ2v) is 6.22. The number of hydrogen-bond donors (Lipinski definition) is 2. The number of rotatable bonds is 5. The SMILES string of the molecule is Cc1cccc(C2(NC(=O)CCC(C)N)CCCC2)c1.Cl. The molecule has 0 saturated heterocycles. The molecule has 1 saturated carbocycles. The number of aryl methyl sites for hydroxylation is 1. The highest BCUT2D eigenvalue weighted by Crippen LogP contribution is 2.39. The summed E-state index contributed by atoms with van der Waals surface area (Å²) in [5.74, 6) is 0.130. The van der Waals surface area contributed by atoms with E-state index in [4.69, 9.17) is 5.73 Å². The third kappa shape index (κ3) is 4.72. The number of carbonyl (C=O) groups is 1. The Morgan fingerprint density at radius 1 is 1.38 bits per heavy atom. The Morgan fingerprint density at radius 3 is 2.62 bits per heavy atom. The molecule has 1 unspecified atom stereocenters. The average Bonchev–Trinajstić information content (AvgIpc) is 2.86. The minimum absolute atomic E-state index is 0. The van der Waals surface area contributed by atoms with Crippen LogP contribution in [-0.4, -0.2) is 11.9 Å². The first-order chi connectivity index (χ1) is 9.52. The third-order valence-corrected chi connectivity index (χ3v) is 4.23. The smallest absolute Gasteiger partial charge is 0.220 e. The predicted molar refractivity (Wildman–Crippen MR) is 89.6 cm³/mol. The number of carbonyl (C=O) groups excluding carboxylic acids is 1. The van der Waals surface area contributed by atoms with Crippen LogP contribution in [0, 0.1) is 6.92 Å². The lowest BCUT2D eigenvalue weighted by atomic mass is 9.87. The van der Waals surface area contributed by atoms with E-state index in [2.05, 4.69) is 36.5 Å². The number of hydrogen-bond acceptors (Lipinski definition) is 2. The van der Waals surface area contributed by atoms with E-state index in [1.54, 1.807) is 0 Å². The summed E-state index contributed by atoms with van der Waals surface area (Å²) in [6.45, 7) is 4.04. The largest absolute Gasteiger partial charge is 0.347 e. The molecule has 21 heavy (non-hydrogen) atoms. The van der Waals surface area contributed by atoms with E-state index >= 15 is 0 Å². The topological polar surface area (TPSA) is 55.1 Å². The molecule has 1 aliphatic rings. The van der Waals surface area contributed by atoms with Crippen LogP contribution < -0.4 is 11.1 Å². The van der Waals surface area contributed by atoms with Crippen molar-refractivity contribution in [2.24, 2.45) is 5.73 Å². The van der Waals surface area contributed by atoms with Gasteiger partial charge in [-0.3, -0.25) is 4.79 Å². The van der Waals surface area contributed by atoms with E-state index in [-0.39, 0.29) is 29.9 Å². The van der Waals surface area contributed by atoms with Gasteiger partial charge in [-0.1, -0.05) is 42.7 Å². The maximum absolute atomic E-state index is 12.2. The van der Waals surface area contributed by atoms with Crippen molar-refractivity contribution in [3.05, 3.63) is 35.4 Å². The molecule has 2 rings (SSSR count). The van der Waals surface area contributed by atoms with Crippen LogP contribution in [0.3, 0.4) is 0 Å². The van der Waals surface area contributed by atoms with Crippen molar-refractivity contribution < 1.29 is 4.79 Å². The van der Waals surface area contributed by atoms with E-state index in [1.165, 1.54) is 24.0 Å². The summed E-state index contributed by atoms with van der Waals surface area (Å²) in [5, 5.41) is 3.30. The Labute approximate surface area is 134 Å². The normalized spacial score (nSPS) is 17.9. The molecule has 118 valence electrons. The quantitative estimate of drug-likeness (QED) is 0.875. The lowest BCUT2D eigenvalue weighted by molar-refractivity contribution is -0.123. The maximum Gasteiger partial charge on any atom is 0.220 e. The zero-order chi connectivity index (χ0) is 14.6. The zero-order valence-electron chi connectivity index (χ0n) is 13.0. The van der Waals surface area contributed by atoms with E-state index < -0.39 is 0 Å². The minimum Gasteiger partial charge on any atom is -0.347 e. The highest BCUT2D eigenvalue weighted by molar-refractivity contribution is 5.85. The Hall–Kier alpha value is -1.06. The van der Waals surface area contributed by atoms with Crippen molar-refractivity contribution in [2.45, 2.75) is 64.0 Å². The van der Waals surface area contributed by atoms with Crippen molar-refractivity contribution in [1.82, 2.24) is 5.32 Å². The first kappa shape index (κ1) is 18.0. The lowest BCUT2D eigenvalue weighted by Gasteiger charge is -2.31. The van der Waals surface area contributed by atoms with Gasteiger partial charge in [0.1, 0.15) is 0 Å². The number of halogens is 1. The van der Waals surface area contributed by atoms with Crippen LogP contribution in [0.5, 0.6) is 0 Å². The Kier molecular flexibility index (Phi) is 6.69. The number of benzene rings is 1. The molecule has 4 heteroatoms. The molecule has 0 spiro atoms. The maximum atomic E-state index is 12.2. The van der Waals surface area contributed by atoms with Gasteiger partial charge in [0.05, 0.1) is 5.54 Å². The van der Waals surface area contributed by atoms with Crippen molar-refractivity contribution in [1.29, 1.82) is 0 Å². The van der Waals surface area contributed by atoms with Gasteiger partial charge in [-0.25, -0.2) is 0 Å². The molecule has 3 nitrogen and oxygen atoms in total. The highest BCUT2D eigenvalue weighted by Gasteiger charge is 2.36. The Bertz CT molecular complexity index is 468. The van der Waals surface area contributed by atoms with E-state index in [0.29, 0.717) is 6.42 Å². The fraction of sp³-hybridized carbons (Fsp3) is 0.588. The van der Waals surface area contributed by atoms with Gasteiger partial charge in [-0.05, 0) is 38.7 Å². The molecule has 1 aliphatic carbocycles. The number of nitrogens with one attached hydrogen (secondary N) is 1. The van der Waals surface area contributed by atoms with Gasteiger partial charge in [0.25, 0.3) is 0 Å². The van der Waals surface area contributed by atoms with Gasteiger partial charge in [-0.2, -0.15) is 0 Å². The van der Waals surface area contributed by atoms with Gasteiger partial charge in [0.2, 0.25) is 5.91 Å². The predicted octanol–water partition coefficient (Wildman–Crippen LogP) is 3.43. The van der Waals surface area contributed by atoms with Crippen LogP contribution in [0.15, 0.2) is 24.3 Å². The van der Waals surface area contributed by atoms with Gasteiger partial charge < -0.3 is 11.1 Å². The fourth-order valence-electron chi connectivity index (χ4n) is 3.10. The fourth-order valence-corrected chi connectivity index (χ4v) is 3.10. The summed E-state index contributed by atoms with van der Waals surface area (Å²) in [7, 11) is 0. The summed E-state index contributed by atoms with van der Waals surface area (Å²) < 4.78 is 0. The molecule has 0 aromatic heterocycles. The molecule has 0 radical (unpaired) electrons. The molecule has 0 bridgehead atoms. The Balaban J connectivity index is 0.00000220. The summed E-state index contributed by atoms with van der Waals surface area (Å²) in [4.78, 5) is 12.2. The van der Waals surface area contributed by atoms with Gasteiger partial charge in [-0.15, -0.1) is 12.4 Å². The van der Waals surface area contributed by atoms with E-state index in [0.717, 1.165) is 19.3 Å².